The number of nitrogens with zero attached hydrogens (tertiary/aromatic N) is 2. The number of hydrogen-bond donors (Lipinski definition) is 2. The zero-order chi connectivity index (χ0) is 14.8. The van der Waals surface area contributed by atoms with Crippen LogP contribution in [0.3, 0.4) is 0 Å². The van der Waals surface area contributed by atoms with Crippen molar-refractivity contribution in [2.24, 2.45) is 5.92 Å². The normalized spacial score (nSPS) is 21.4. The molecule has 0 aromatic carbocycles. The number of nitrogens with one attached hydrogen (secondary N) is 2. The Bertz CT molecular complexity index is 532. The van der Waals surface area contributed by atoms with Gasteiger partial charge >= 0.3 is 5.82 Å². The predicted molar refractivity (Wildman–Crippen MR) is 77.1 cm³/mol. The lowest BCUT2D eigenvalue weighted by atomic mass is 10.2. The van der Waals surface area contributed by atoms with Gasteiger partial charge in [-0.25, -0.2) is 4.98 Å². The van der Waals surface area contributed by atoms with Gasteiger partial charge in [0.15, 0.2) is 5.69 Å². The predicted octanol–water partition coefficient (Wildman–Crippen LogP) is 1.53. The van der Waals surface area contributed by atoms with Crippen molar-refractivity contribution in [3.63, 3.8) is 0 Å². The fraction of sp³-hybridized carbons (Fsp3) is 0.643. The molecule has 0 bridgehead atoms. The van der Waals surface area contributed by atoms with Gasteiger partial charge in [-0.2, -0.15) is 0 Å². The van der Waals surface area contributed by atoms with Crippen LogP contribution in [0.5, 0.6) is 0 Å². The van der Waals surface area contributed by atoms with Gasteiger partial charge in [-0.05, 0) is 49.1 Å². The molecule has 2 aliphatic rings. The number of carbonyl (C=O) groups excluding carboxylic acids is 1. The van der Waals surface area contributed by atoms with E-state index >= 15 is 0 Å². The van der Waals surface area contributed by atoms with Crippen LogP contribution in [-0.2, 0) is 0 Å². The third-order valence-electron chi connectivity index (χ3n) is 4.16. The minimum absolute atomic E-state index is 0.135. The van der Waals surface area contributed by atoms with Gasteiger partial charge in [0, 0.05) is 25.2 Å². The molecule has 1 unspecified atom stereocenters. The van der Waals surface area contributed by atoms with E-state index in [1.54, 1.807) is 0 Å². The standard InChI is InChI=1S/C14H20N4O3/c19-14(12-5-6-13(16-12)18(20)21)17(8-10-3-4-10)9-11-2-1-7-15-11/h5-6,10-11,15-16H,1-4,7-9H2. The molecule has 7 nitrogen and oxygen atoms in total. The van der Waals surface area contributed by atoms with Crippen LogP contribution in [-0.4, -0.2) is 46.4 Å². The zero-order valence-corrected chi connectivity index (χ0v) is 11.9. The first-order valence-electron chi connectivity index (χ1n) is 7.49. The Morgan fingerprint density at radius 1 is 1.33 bits per heavy atom. The molecule has 1 aromatic rings. The number of hydrogen-bond acceptors (Lipinski definition) is 4. The van der Waals surface area contributed by atoms with E-state index in [2.05, 4.69) is 10.3 Å². The van der Waals surface area contributed by atoms with Gasteiger partial charge in [0.2, 0.25) is 0 Å². The summed E-state index contributed by atoms with van der Waals surface area (Å²) in [5, 5.41) is 14.1. The molecule has 0 radical (unpaired) electrons. The van der Waals surface area contributed by atoms with Crippen LogP contribution < -0.4 is 5.32 Å². The molecule has 1 amide bonds. The highest BCUT2D eigenvalue weighted by Gasteiger charge is 2.31. The molecule has 21 heavy (non-hydrogen) atoms. The third-order valence-corrected chi connectivity index (χ3v) is 4.16. The fourth-order valence-corrected chi connectivity index (χ4v) is 2.82. The monoisotopic (exact) mass is 292 g/mol. The lowest BCUT2D eigenvalue weighted by Crippen LogP contribution is -2.42. The van der Waals surface area contributed by atoms with E-state index < -0.39 is 4.92 Å². The molecule has 1 saturated heterocycles. The van der Waals surface area contributed by atoms with Crippen LogP contribution in [0, 0.1) is 16.0 Å². The quantitative estimate of drug-likeness (QED) is 0.614. The number of rotatable bonds is 6. The minimum atomic E-state index is -0.513. The van der Waals surface area contributed by atoms with Gasteiger partial charge in [-0.15, -0.1) is 0 Å². The minimum Gasteiger partial charge on any atom is -0.358 e. The Morgan fingerprint density at radius 2 is 2.14 bits per heavy atom. The van der Waals surface area contributed by atoms with Crippen molar-refractivity contribution >= 4 is 11.7 Å². The van der Waals surface area contributed by atoms with Crippen molar-refractivity contribution in [3.05, 3.63) is 27.9 Å². The SMILES string of the molecule is O=C(c1ccc([N+](=O)[O-])[nH]1)N(CC1CC1)CC1CCCN1. The maximum atomic E-state index is 12.6. The number of nitro groups is 1. The van der Waals surface area contributed by atoms with E-state index in [0.717, 1.165) is 25.9 Å². The summed E-state index contributed by atoms with van der Waals surface area (Å²) in [4.78, 5) is 27.2. The maximum Gasteiger partial charge on any atom is 0.321 e. The average molecular weight is 292 g/mol. The summed E-state index contributed by atoms with van der Waals surface area (Å²) in [6.45, 7) is 2.44. The number of aromatic amines is 1. The summed E-state index contributed by atoms with van der Waals surface area (Å²) < 4.78 is 0. The highest BCUT2D eigenvalue weighted by atomic mass is 16.6. The maximum absolute atomic E-state index is 12.6. The van der Waals surface area contributed by atoms with Crippen LogP contribution in [0.2, 0.25) is 0 Å². The molecule has 1 saturated carbocycles. The molecule has 3 rings (SSSR count). The van der Waals surface area contributed by atoms with Gasteiger partial charge in [0.25, 0.3) is 5.91 Å². The summed E-state index contributed by atoms with van der Waals surface area (Å²) >= 11 is 0. The number of aromatic nitrogens is 1. The second-order valence-electron chi connectivity index (χ2n) is 5.96. The molecule has 2 N–H and O–H groups in total. The fourth-order valence-electron chi connectivity index (χ4n) is 2.82. The van der Waals surface area contributed by atoms with E-state index in [1.165, 1.54) is 25.0 Å². The van der Waals surface area contributed by atoms with Crippen molar-refractivity contribution in [2.75, 3.05) is 19.6 Å². The van der Waals surface area contributed by atoms with E-state index in [9.17, 15) is 14.9 Å². The average Bonchev–Trinajstić information content (AvgIpc) is 2.96. The van der Waals surface area contributed by atoms with E-state index in [1.807, 2.05) is 4.90 Å². The second-order valence-corrected chi connectivity index (χ2v) is 5.96. The molecule has 1 aliphatic carbocycles. The molecule has 1 aliphatic heterocycles. The lowest BCUT2D eigenvalue weighted by Gasteiger charge is -2.24. The van der Waals surface area contributed by atoms with Gasteiger partial charge in [-0.1, -0.05) is 0 Å². The lowest BCUT2D eigenvalue weighted by molar-refractivity contribution is -0.389. The van der Waals surface area contributed by atoms with Crippen LogP contribution in [0.4, 0.5) is 5.82 Å². The smallest absolute Gasteiger partial charge is 0.321 e. The molecule has 2 heterocycles. The Kier molecular flexibility index (Phi) is 3.92. The van der Waals surface area contributed by atoms with Gasteiger partial charge in [-0.3, -0.25) is 4.79 Å². The first-order chi connectivity index (χ1) is 10.1. The van der Waals surface area contributed by atoms with Crippen molar-refractivity contribution in [1.29, 1.82) is 0 Å². The van der Waals surface area contributed by atoms with Crippen LogP contribution >= 0.6 is 0 Å². The van der Waals surface area contributed by atoms with Gasteiger partial charge < -0.3 is 20.3 Å². The molecule has 1 aromatic heterocycles. The van der Waals surface area contributed by atoms with Crippen molar-refractivity contribution in [1.82, 2.24) is 15.2 Å². The Labute approximate surface area is 122 Å². The van der Waals surface area contributed by atoms with Gasteiger partial charge in [0.1, 0.15) is 0 Å². The highest BCUT2D eigenvalue weighted by molar-refractivity contribution is 5.93. The largest absolute Gasteiger partial charge is 0.358 e. The van der Waals surface area contributed by atoms with Crippen molar-refractivity contribution in [3.8, 4) is 0 Å². The second kappa shape index (κ2) is 5.85. The third kappa shape index (κ3) is 3.41. The number of H-pyrrole nitrogens is 1. The summed E-state index contributed by atoms with van der Waals surface area (Å²) in [6, 6.07) is 3.19. The summed E-state index contributed by atoms with van der Waals surface area (Å²) in [6.07, 6.45) is 4.57. The first-order valence-corrected chi connectivity index (χ1v) is 7.49. The Hall–Kier alpha value is -1.89. The van der Waals surface area contributed by atoms with E-state index in [4.69, 9.17) is 0 Å². The molecule has 1 atom stereocenters. The Morgan fingerprint density at radius 3 is 2.71 bits per heavy atom. The summed E-state index contributed by atoms with van der Waals surface area (Å²) in [7, 11) is 0. The molecule has 2 fully saturated rings. The van der Waals surface area contributed by atoms with Crippen LogP contribution in [0.1, 0.15) is 36.2 Å². The van der Waals surface area contributed by atoms with Gasteiger partial charge in [0.05, 0.1) is 0 Å². The van der Waals surface area contributed by atoms with Crippen LogP contribution in [0.25, 0.3) is 0 Å². The topological polar surface area (TPSA) is 91.3 Å². The van der Waals surface area contributed by atoms with E-state index in [-0.39, 0.29) is 11.7 Å². The van der Waals surface area contributed by atoms with Crippen molar-refractivity contribution < 1.29 is 9.72 Å². The summed E-state index contributed by atoms with van der Waals surface area (Å²) in [5.41, 5.74) is 0.306. The van der Waals surface area contributed by atoms with E-state index in [0.29, 0.717) is 24.2 Å². The molecule has 0 spiro atoms. The molecular formula is C14H20N4O3. The first kappa shape index (κ1) is 14.1. The highest BCUT2D eigenvalue weighted by Crippen LogP contribution is 2.30. The summed E-state index contributed by atoms with van der Waals surface area (Å²) in [5.74, 6) is 0.327. The molecule has 7 heteroatoms. The van der Waals surface area contributed by atoms with Crippen LogP contribution in [0.15, 0.2) is 12.1 Å². The Balaban J connectivity index is 1.70. The number of carbonyl (C=O) groups is 1. The zero-order valence-electron chi connectivity index (χ0n) is 11.9. The molecular weight excluding hydrogens is 272 g/mol. The molecule has 114 valence electrons. The number of amides is 1. The van der Waals surface area contributed by atoms with Crippen molar-refractivity contribution in [2.45, 2.75) is 31.7 Å².